The van der Waals surface area contributed by atoms with E-state index in [4.69, 9.17) is 10.3 Å². The highest BCUT2D eigenvalue weighted by atomic mass is 16.5. The Morgan fingerprint density at radius 1 is 1.45 bits per heavy atom. The predicted octanol–water partition coefficient (Wildman–Crippen LogP) is 3.66. The number of carbonyl (C=O) groups excluding carboxylic acids is 1. The van der Waals surface area contributed by atoms with Crippen molar-refractivity contribution < 1.29 is 9.53 Å². The quantitative estimate of drug-likeness (QED) is 0.342. The summed E-state index contributed by atoms with van der Waals surface area (Å²) in [6, 6.07) is 7.85. The molecule has 0 radical (unpaired) electrons. The zero-order valence-corrected chi connectivity index (χ0v) is 11.2. The molecule has 0 heterocycles. The SMILES string of the molecule is C=CCOc1ccc(CC2CC[C@@H]2C(=O)N=[N+]=[N-])cc1. The van der Waals surface area contributed by atoms with Gasteiger partial charge in [0.25, 0.3) is 0 Å². The Morgan fingerprint density at radius 3 is 2.75 bits per heavy atom. The molecule has 1 unspecified atom stereocenters. The van der Waals surface area contributed by atoms with Gasteiger partial charge in [-0.15, -0.1) is 0 Å². The molecule has 1 aliphatic carbocycles. The molecule has 20 heavy (non-hydrogen) atoms. The van der Waals surface area contributed by atoms with Crippen LogP contribution in [0, 0.1) is 11.8 Å². The van der Waals surface area contributed by atoms with Gasteiger partial charge in [-0.05, 0) is 53.5 Å². The molecule has 1 fully saturated rings. The number of benzene rings is 1. The fourth-order valence-electron chi connectivity index (χ4n) is 2.44. The topological polar surface area (TPSA) is 75.1 Å². The van der Waals surface area contributed by atoms with Crippen LogP contribution in [0.4, 0.5) is 0 Å². The number of ether oxygens (including phenoxy) is 1. The summed E-state index contributed by atoms with van der Waals surface area (Å²) in [5.41, 5.74) is 9.47. The van der Waals surface area contributed by atoms with Crippen molar-refractivity contribution in [3.63, 3.8) is 0 Å². The van der Waals surface area contributed by atoms with Gasteiger partial charge in [-0.25, -0.2) is 0 Å². The summed E-state index contributed by atoms with van der Waals surface area (Å²) in [6.07, 6.45) is 4.36. The van der Waals surface area contributed by atoms with Crippen molar-refractivity contribution in [2.24, 2.45) is 17.0 Å². The molecule has 2 atom stereocenters. The van der Waals surface area contributed by atoms with Crippen LogP contribution >= 0.6 is 0 Å². The summed E-state index contributed by atoms with van der Waals surface area (Å²) < 4.78 is 5.42. The van der Waals surface area contributed by atoms with Gasteiger partial charge in [0.15, 0.2) is 0 Å². The molecule has 0 spiro atoms. The molecule has 104 valence electrons. The van der Waals surface area contributed by atoms with Crippen LogP contribution in [0.3, 0.4) is 0 Å². The van der Waals surface area contributed by atoms with Gasteiger partial charge in [0.1, 0.15) is 12.4 Å². The number of hydrogen-bond acceptors (Lipinski definition) is 2. The van der Waals surface area contributed by atoms with Crippen LogP contribution in [0.25, 0.3) is 10.4 Å². The second kappa shape index (κ2) is 6.78. The molecule has 1 amide bonds. The first-order valence-electron chi connectivity index (χ1n) is 6.66. The lowest BCUT2D eigenvalue weighted by Crippen LogP contribution is -2.33. The molecule has 1 aliphatic rings. The molecule has 0 aromatic heterocycles. The van der Waals surface area contributed by atoms with Gasteiger partial charge in [0.2, 0.25) is 5.91 Å². The van der Waals surface area contributed by atoms with E-state index in [0.717, 1.165) is 25.0 Å². The molecule has 5 heteroatoms. The molecule has 2 rings (SSSR count). The van der Waals surface area contributed by atoms with Crippen molar-refractivity contribution >= 4 is 5.91 Å². The number of rotatable bonds is 6. The van der Waals surface area contributed by atoms with Gasteiger partial charge in [0, 0.05) is 10.8 Å². The fourth-order valence-corrected chi connectivity index (χ4v) is 2.44. The molecule has 0 aliphatic heterocycles. The molecule has 1 saturated carbocycles. The van der Waals surface area contributed by atoms with E-state index < -0.39 is 0 Å². The highest BCUT2D eigenvalue weighted by Crippen LogP contribution is 2.37. The summed E-state index contributed by atoms with van der Waals surface area (Å²) in [6.45, 7) is 4.09. The third-order valence-electron chi connectivity index (χ3n) is 3.67. The van der Waals surface area contributed by atoms with Crippen LogP contribution in [0.5, 0.6) is 5.75 Å². The lowest BCUT2D eigenvalue weighted by atomic mass is 9.70. The smallest absolute Gasteiger partial charge is 0.222 e. The van der Waals surface area contributed by atoms with Gasteiger partial charge in [-0.2, -0.15) is 0 Å². The minimum absolute atomic E-state index is 0.109. The van der Waals surface area contributed by atoms with Crippen molar-refractivity contribution in [2.45, 2.75) is 19.3 Å². The third kappa shape index (κ3) is 3.39. The highest BCUT2D eigenvalue weighted by Gasteiger charge is 2.35. The fraction of sp³-hybridized carbons (Fsp3) is 0.400. The van der Waals surface area contributed by atoms with E-state index in [1.54, 1.807) is 6.08 Å². The largest absolute Gasteiger partial charge is 0.490 e. The first kappa shape index (κ1) is 14.2. The molecular weight excluding hydrogens is 254 g/mol. The normalized spacial score (nSPS) is 20.4. The number of carbonyl (C=O) groups is 1. The van der Waals surface area contributed by atoms with Crippen LogP contribution in [0.2, 0.25) is 0 Å². The summed E-state index contributed by atoms with van der Waals surface area (Å²) >= 11 is 0. The van der Waals surface area contributed by atoms with E-state index in [-0.39, 0.29) is 17.7 Å². The molecule has 0 saturated heterocycles. The molecule has 0 N–H and O–H groups in total. The summed E-state index contributed by atoms with van der Waals surface area (Å²) in [4.78, 5) is 14.1. The second-order valence-corrected chi connectivity index (χ2v) is 4.92. The highest BCUT2D eigenvalue weighted by molar-refractivity contribution is 5.80. The Kier molecular flexibility index (Phi) is 4.80. The minimum atomic E-state index is -0.324. The van der Waals surface area contributed by atoms with Gasteiger partial charge in [-0.3, -0.25) is 4.79 Å². The van der Waals surface area contributed by atoms with E-state index in [1.807, 2.05) is 24.3 Å². The Hall–Kier alpha value is -2.26. The number of nitrogens with zero attached hydrogens (tertiary/aromatic N) is 3. The first-order valence-corrected chi connectivity index (χ1v) is 6.66. The van der Waals surface area contributed by atoms with Gasteiger partial charge >= 0.3 is 0 Å². The lowest BCUT2D eigenvalue weighted by molar-refractivity contribution is -0.126. The van der Waals surface area contributed by atoms with E-state index >= 15 is 0 Å². The predicted molar refractivity (Wildman–Crippen MR) is 76.2 cm³/mol. The van der Waals surface area contributed by atoms with Crippen molar-refractivity contribution in [3.05, 3.63) is 52.9 Å². The summed E-state index contributed by atoms with van der Waals surface area (Å²) in [7, 11) is 0. The van der Waals surface area contributed by atoms with Crippen LogP contribution < -0.4 is 4.74 Å². The van der Waals surface area contributed by atoms with E-state index in [1.165, 1.54) is 5.56 Å². The van der Waals surface area contributed by atoms with Crippen LogP contribution in [0.1, 0.15) is 18.4 Å². The van der Waals surface area contributed by atoms with Crippen molar-refractivity contribution in [1.82, 2.24) is 0 Å². The molecule has 1 aromatic rings. The van der Waals surface area contributed by atoms with Crippen molar-refractivity contribution in [2.75, 3.05) is 6.61 Å². The molecular formula is C15H17N3O2. The number of azide groups is 1. The van der Waals surface area contributed by atoms with Gasteiger partial charge < -0.3 is 4.74 Å². The zero-order valence-electron chi connectivity index (χ0n) is 11.2. The average molecular weight is 271 g/mol. The Balaban J connectivity index is 1.91. The third-order valence-corrected chi connectivity index (χ3v) is 3.67. The molecule has 0 bridgehead atoms. The number of hydrogen-bond donors (Lipinski definition) is 0. The van der Waals surface area contributed by atoms with Gasteiger partial charge in [0.05, 0.1) is 0 Å². The Bertz CT molecular complexity index is 533. The van der Waals surface area contributed by atoms with E-state index in [9.17, 15) is 4.79 Å². The number of amides is 1. The van der Waals surface area contributed by atoms with E-state index in [2.05, 4.69) is 16.6 Å². The van der Waals surface area contributed by atoms with Crippen LogP contribution in [-0.4, -0.2) is 12.5 Å². The monoisotopic (exact) mass is 271 g/mol. The Labute approximate surface area is 117 Å². The second-order valence-electron chi connectivity index (χ2n) is 4.92. The first-order chi connectivity index (χ1) is 9.74. The maximum absolute atomic E-state index is 11.5. The zero-order chi connectivity index (χ0) is 14.4. The lowest BCUT2D eigenvalue weighted by Gasteiger charge is -2.34. The van der Waals surface area contributed by atoms with Crippen LogP contribution in [-0.2, 0) is 11.2 Å². The van der Waals surface area contributed by atoms with Crippen molar-refractivity contribution in [1.29, 1.82) is 0 Å². The van der Waals surface area contributed by atoms with Crippen molar-refractivity contribution in [3.8, 4) is 5.75 Å². The molecule has 5 nitrogen and oxygen atoms in total. The average Bonchev–Trinajstić information content (AvgIpc) is 2.43. The Morgan fingerprint density at radius 2 is 2.20 bits per heavy atom. The maximum atomic E-state index is 11.5. The van der Waals surface area contributed by atoms with E-state index in [0.29, 0.717) is 6.61 Å². The van der Waals surface area contributed by atoms with Crippen LogP contribution in [0.15, 0.2) is 42.0 Å². The standard InChI is InChI=1S/C15H17N3O2/c1-2-9-20-13-6-3-11(4-7-13)10-12-5-8-14(12)15(19)17-18-16/h2-4,6-7,12,14H,1,5,8-10H2/t12?,14-/m0/s1. The molecule has 1 aromatic carbocycles. The van der Waals surface area contributed by atoms with Gasteiger partial charge in [-0.1, -0.05) is 24.8 Å². The minimum Gasteiger partial charge on any atom is -0.490 e. The summed E-state index contributed by atoms with van der Waals surface area (Å²) in [5.74, 6) is 0.661. The maximum Gasteiger partial charge on any atom is 0.222 e. The summed E-state index contributed by atoms with van der Waals surface area (Å²) in [5, 5.41) is 3.20.